The summed E-state index contributed by atoms with van der Waals surface area (Å²) in [6.07, 6.45) is 15.2. The Morgan fingerprint density at radius 1 is 0.905 bits per heavy atom. The normalized spacial score (nSPS) is 17.3. The molecule has 0 atom stereocenters. The maximum Gasteiger partial charge on any atom is 0.0916 e. The Kier molecular flexibility index (Phi) is 11.4. The van der Waals surface area contributed by atoms with Gasteiger partial charge in [0.15, 0.2) is 0 Å². The van der Waals surface area contributed by atoms with Gasteiger partial charge in [0, 0.05) is 19.1 Å². The molecule has 21 heavy (non-hydrogen) atoms. The van der Waals surface area contributed by atoms with Crippen molar-refractivity contribution in [2.75, 3.05) is 32.9 Å². The molecular weight excluding hydrogens is 286 g/mol. The van der Waals surface area contributed by atoms with Crippen LogP contribution in [0.5, 0.6) is 0 Å². The van der Waals surface area contributed by atoms with Gasteiger partial charge in [0.2, 0.25) is 0 Å². The van der Waals surface area contributed by atoms with Crippen LogP contribution < -0.4 is 0 Å². The van der Waals surface area contributed by atoms with Crippen LogP contribution in [0.1, 0.15) is 71.1 Å². The van der Waals surface area contributed by atoms with Gasteiger partial charge in [-0.15, -0.1) is 0 Å². The Morgan fingerprint density at radius 3 is 1.71 bits per heavy atom. The van der Waals surface area contributed by atoms with E-state index in [1.807, 2.05) is 0 Å². The average Bonchev–Trinajstić information content (AvgIpc) is 2.78. The molecule has 0 aromatic carbocycles. The minimum absolute atomic E-state index is 0.604. The molecule has 1 aliphatic rings. The monoisotopic (exact) mass is 321 g/mol. The maximum atomic E-state index is 9.08. The first-order valence-electron chi connectivity index (χ1n) is 8.51. The zero-order chi connectivity index (χ0) is 16.2. The van der Waals surface area contributed by atoms with Gasteiger partial charge in [-0.25, -0.2) is 8.42 Å². The molecule has 0 aromatic heterocycles. The minimum Gasteiger partial charge on any atom is -0.748 e. The van der Waals surface area contributed by atoms with Crippen molar-refractivity contribution in [2.24, 2.45) is 0 Å². The van der Waals surface area contributed by atoms with Crippen molar-refractivity contribution < 1.29 is 17.5 Å². The third-order valence-electron chi connectivity index (χ3n) is 4.20. The highest BCUT2D eigenvalue weighted by Crippen LogP contribution is 2.18. The molecule has 0 radical (unpaired) electrons. The third kappa shape index (κ3) is 16.1. The van der Waals surface area contributed by atoms with Gasteiger partial charge in [-0.1, -0.05) is 45.4 Å². The molecule has 0 unspecified atom stereocenters. The van der Waals surface area contributed by atoms with Crippen LogP contribution in [-0.2, 0) is 10.1 Å². The Hall–Kier alpha value is -0.130. The van der Waals surface area contributed by atoms with E-state index in [9.17, 15) is 0 Å². The van der Waals surface area contributed by atoms with Crippen molar-refractivity contribution in [3.63, 3.8) is 0 Å². The standard InChI is InChI=1S/C15H32N.CH4O3S/c1-3-4-5-6-7-8-9-10-13-16(2)14-11-12-15-16;1-5(2,3)4/h3-15H2,1-2H3;1H3,(H,2,3,4)/q+1;/p-1. The van der Waals surface area contributed by atoms with Gasteiger partial charge in [-0.2, -0.15) is 0 Å². The van der Waals surface area contributed by atoms with Crippen LogP contribution in [0.4, 0.5) is 0 Å². The number of hydrogen-bond donors (Lipinski definition) is 0. The predicted octanol–water partition coefficient (Wildman–Crippen LogP) is 3.53. The Bertz CT molecular complexity index is 327. The van der Waals surface area contributed by atoms with Crippen molar-refractivity contribution in [3.05, 3.63) is 0 Å². The van der Waals surface area contributed by atoms with Crippen LogP contribution in [0.25, 0.3) is 0 Å². The van der Waals surface area contributed by atoms with Gasteiger partial charge < -0.3 is 9.04 Å². The third-order valence-corrected chi connectivity index (χ3v) is 4.20. The molecule has 0 spiro atoms. The number of unbranched alkanes of at least 4 members (excludes halogenated alkanes) is 7. The van der Waals surface area contributed by atoms with Crippen LogP contribution in [0.15, 0.2) is 0 Å². The van der Waals surface area contributed by atoms with E-state index < -0.39 is 10.1 Å². The van der Waals surface area contributed by atoms with Crippen LogP contribution in [-0.4, -0.2) is 50.4 Å². The molecule has 0 aromatic rings. The number of quaternary nitrogens is 1. The molecule has 0 saturated carbocycles. The second-order valence-electron chi connectivity index (χ2n) is 6.68. The first-order valence-corrected chi connectivity index (χ1v) is 10.3. The summed E-state index contributed by atoms with van der Waals surface area (Å²) >= 11 is 0. The van der Waals surface area contributed by atoms with Gasteiger partial charge in [0.25, 0.3) is 0 Å². The largest absolute Gasteiger partial charge is 0.748 e. The average molecular weight is 322 g/mol. The van der Waals surface area contributed by atoms with Crippen molar-refractivity contribution in [2.45, 2.75) is 71.1 Å². The molecule has 4 nitrogen and oxygen atoms in total. The van der Waals surface area contributed by atoms with Gasteiger partial charge in [0.1, 0.15) is 0 Å². The van der Waals surface area contributed by atoms with E-state index in [4.69, 9.17) is 13.0 Å². The van der Waals surface area contributed by atoms with E-state index >= 15 is 0 Å². The predicted molar refractivity (Wildman–Crippen MR) is 88.3 cm³/mol. The van der Waals surface area contributed by atoms with E-state index in [0.717, 1.165) is 0 Å². The maximum absolute atomic E-state index is 9.08. The lowest BCUT2D eigenvalue weighted by atomic mass is 10.1. The summed E-state index contributed by atoms with van der Waals surface area (Å²) in [5.41, 5.74) is 0. The summed E-state index contributed by atoms with van der Waals surface area (Å²) < 4.78 is 28.6. The van der Waals surface area contributed by atoms with E-state index in [1.54, 1.807) is 0 Å². The van der Waals surface area contributed by atoms with Gasteiger partial charge >= 0.3 is 0 Å². The first kappa shape index (κ1) is 20.9. The summed E-state index contributed by atoms with van der Waals surface area (Å²) in [5, 5.41) is 0. The Balaban J connectivity index is 0.000000690. The molecule has 1 rings (SSSR count). The summed E-state index contributed by atoms with van der Waals surface area (Å²) in [4.78, 5) is 0. The highest BCUT2D eigenvalue weighted by molar-refractivity contribution is 7.84. The smallest absolute Gasteiger partial charge is 0.0916 e. The molecule has 1 fully saturated rings. The molecule has 1 saturated heterocycles. The van der Waals surface area contributed by atoms with E-state index in [-0.39, 0.29) is 0 Å². The molecule has 0 amide bonds. The van der Waals surface area contributed by atoms with E-state index in [0.29, 0.717) is 6.26 Å². The second-order valence-corrected chi connectivity index (χ2v) is 8.08. The zero-order valence-corrected chi connectivity index (χ0v) is 15.1. The Morgan fingerprint density at radius 2 is 1.29 bits per heavy atom. The topological polar surface area (TPSA) is 57.2 Å². The fourth-order valence-corrected chi connectivity index (χ4v) is 2.95. The minimum atomic E-state index is -3.92. The highest BCUT2D eigenvalue weighted by atomic mass is 32.2. The van der Waals surface area contributed by atoms with Gasteiger partial charge in [0.05, 0.1) is 36.8 Å². The lowest BCUT2D eigenvalue weighted by Gasteiger charge is -2.29. The molecule has 0 aliphatic carbocycles. The fraction of sp³-hybridized carbons (Fsp3) is 1.00. The van der Waals surface area contributed by atoms with Gasteiger partial charge in [-0.05, 0) is 12.8 Å². The molecule has 0 N–H and O–H groups in total. The van der Waals surface area contributed by atoms with Crippen molar-refractivity contribution in [1.29, 1.82) is 0 Å². The van der Waals surface area contributed by atoms with Gasteiger partial charge in [-0.3, -0.25) is 0 Å². The van der Waals surface area contributed by atoms with Crippen LogP contribution in [0, 0.1) is 0 Å². The fourth-order valence-electron chi connectivity index (χ4n) is 2.95. The highest BCUT2D eigenvalue weighted by Gasteiger charge is 2.25. The molecule has 1 aliphatic heterocycles. The summed E-state index contributed by atoms with van der Waals surface area (Å²) in [5.74, 6) is 0. The lowest BCUT2D eigenvalue weighted by Crippen LogP contribution is -2.41. The van der Waals surface area contributed by atoms with E-state index in [2.05, 4.69) is 14.0 Å². The lowest BCUT2D eigenvalue weighted by molar-refractivity contribution is -0.897. The van der Waals surface area contributed by atoms with Crippen molar-refractivity contribution in [1.82, 2.24) is 0 Å². The van der Waals surface area contributed by atoms with Crippen molar-refractivity contribution in [3.8, 4) is 0 Å². The second kappa shape index (κ2) is 11.4. The summed E-state index contributed by atoms with van der Waals surface area (Å²) in [6.45, 7) is 6.61. The molecule has 5 heteroatoms. The van der Waals surface area contributed by atoms with Crippen molar-refractivity contribution >= 4 is 10.1 Å². The molecule has 0 bridgehead atoms. The number of likely N-dealkylation sites (tertiary alicyclic amines) is 1. The number of hydrogen-bond acceptors (Lipinski definition) is 3. The van der Waals surface area contributed by atoms with Crippen LogP contribution in [0.3, 0.4) is 0 Å². The number of nitrogens with zero attached hydrogens (tertiary/aromatic N) is 1. The van der Waals surface area contributed by atoms with Crippen LogP contribution >= 0.6 is 0 Å². The summed E-state index contributed by atoms with van der Waals surface area (Å²) in [7, 11) is -1.46. The number of rotatable bonds is 9. The molecule has 1 heterocycles. The zero-order valence-electron chi connectivity index (χ0n) is 14.3. The summed E-state index contributed by atoms with van der Waals surface area (Å²) in [6, 6.07) is 0. The SMILES string of the molecule is CCCCCCCCCC[N+]1(C)CCCC1.CS(=O)(=O)[O-]. The first-order chi connectivity index (χ1) is 9.77. The van der Waals surface area contributed by atoms with E-state index in [1.165, 1.54) is 88.3 Å². The quantitative estimate of drug-likeness (QED) is 0.371. The Labute approximate surface area is 132 Å². The molecule has 128 valence electrons. The van der Waals surface area contributed by atoms with Crippen LogP contribution in [0.2, 0.25) is 0 Å². The molecular formula is C16H35NO3S.